The number of benzene rings is 3. The number of alkyl halides is 3. The molecule has 0 amide bonds. The lowest BCUT2D eigenvalue weighted by molar-refractivity contribution is -0.138. The first-order valence-corrected chi connectivity index (χ1v) is 16.8. The fraction of sp³-hybridized carbons (Fsp3) is 0.267. The van der Waals surface area contributed by atoms with E-state index in [1.54, 1.807) is 48.5 Å². The Morgan fingerprint density at radius 3 is 2.23 bits per heavy atom. The zero-order valence-electron chi connectivity index (χ0n) is 23.2. The van der Waals surface area contributed by atoms with Crippen LogP contribution in [-0.2, 0) is 51.7 Å². The van der Waals surface area contributed by atoms with Crippen molar-refractivity contribution < 1.29 is 30.0 Å². The molecule has 5 rings (SSSR count). The number of anilines is 2. The molecule has 0 atom stereocenters. The van der Waals surface area contributed by atoms with Crippen LogP contribution < -0.4 is 5.32 Å². The van der Waals surface area contributed by atoms with Gasteiger partial charge in [-0.05, 0) is 78.8 Å². The number of nitrogens with zero attached hydrogens (tertiary/aromatic N) is 3. The van der Waals surface area contributed by atoms with Crippen molar-refractivity contribution in [1.82, 2.24) is 14.3 Å². The molecule has 0 aliphatic carbocycles. The van der Waals surface area contributed by atoms with Crippen molar-refractivity contribution in [3.63, 3.8) is 0 Å². The van der Waals surface area contributed by atoms with E-state index in [1.807, 2.05) is 12.1 Å². The van der Waals surface area contributed by atoms with Gasteiger partial charge in [0.05, 0.1) is 21.0 Å². The van der Waals surface area contributed by atoms with Gasteiger partial charge in [-0.15, -0.1) is 0 Å². The summed E-state index contributed by atoms with van der Waals surface area (Å²) in [5.74, 6) is -0.0188. The van der Waals surface area contributed by atoms with E-state index in [0.29, 0.717) is 30.6 Å². The van der Waals surface area contributed by atoms with Crippen molar-refractivity contribution in [2.45, 2.75) is 41.7 Å². The van der Waals surface area contributed by atoms with E-state index in [2.05, 4.69) is 15.3 Å². The van der Waals surface area contributed by atoms with Crippen molar-refractivity contribution in [3.8, 4) is 0 Å². The molecular weight excluding hydrogens is 601 g/mol. The van der Waals surface area contributed by atoms with Crippen LogP contribution in [0.5, 0.6) is 0 Å². The fourth-order valence-electron chi connectivity index (χ4n) is 4.99. The van der Waals surface area contributed by atoms with Gasteiger partial charge in [0.15, 0.2) is 9.84 Å². The van der Waals surface area contributed by atoms with Gasteiger partial charge in [-0.25, -0.2) is 26.8 Å². The molecule has 0 unspecified atom stereocenters. The van der Waals surface area contributed by atoms with Crippen LogP contribution in [0, 0.1) is 0 Å². The molecular formula is C30H29F3N4O4S2. The molecule has 0 saturated carbocycles. The topological polar surface area (TPSA) is 109 Å². The first-order chi connectivity index (χ1) is 20.3. The Kier molecular flexibility index (Phi) is 8.59. The van der Waals surface area contributed by atoms with Crippen molar-refractivity contribution in [3.05, 3.63) is 107 Å². The van der Waals surface area contributed by atoms with Gasteiger partial charge in [-0.2, -0.15) is 17.5 Å². The van der Waals surface area contributed by atoms with Crippen LogP contribution in [0.2, 0.25) is 0 Å². The Balaban J connectivity index is 1.34. The fourth-order valence-corrected chi connectivity index (χ4v) is 7.15. The zero-order chi connectivity index (χ0) is 30.8. The van der Waals surface area contributed by atoms with E-state index >= 15 is 0 Å². The monoisotopic (exact) mass is 630 g/mol. The van der Waals surface area contributed by atoms with Crippen LogP contribution in [0.4, 0.5) is 24.8 Å². The minimum absolute atomic E-state index is 0.0188. The lowest BCUT2D eigenvalue weighted by Gasteiger charge is -2.19. The van der Waals surface area contributed by atoms with E-state index in [4.69, 9.17) is 0 Å². The summed E-state index contributed by atoms with van der Waals surface area (Å²) in [5.41, 5.74) is 1.86. The number of rotatable bonds is 8. The highest BCUT2D eigenvalue weighted by Crippen LogP contribution is 2.32. The van der Waals surface area contributed by atoms with E-state index in [0.717, 1.165) is 23.6 Å². The maximum Gasteiger partial charge on any atom is 0.419 e. The van der Waals surface area contributed by atoms with E-state index in [9.17, 15) is 30.0 Å². The summed E-state index contributed by atoms with van der Waals surface area (Å²) >= 11 is 0. The van der Waals surface area contributed by atoms with E-state index in [1.165, 1.54) is 16.4 Å². The SMILES string of the molecule is CS(=O)(=O)c1cccc(CCc2nc(Nc3ccc4c(c3)CCN(S(=O)(=O)c3ccccc3)CC4)ncc2C(F)(F)F)c1. The standard InChI is InChI=1S/C30H29F3N4O4S2/c1-42(38,39)26-9-5-6-21(18-26)10-13-28-27(30(31,32)33)20-34-29(36-28)35-24-12-11-22-14-16-37(17-15-23(22)19-24)43(40,41)25-7-3-2-4-8-25/h2-9,11-12,18-20H,10,13-17H2,1H3,(H,34,35,36). The normalized spacial score (nSPS) is 14.6. The third kappa shape index (κ3) is 7.23. The van der Waals surface area contributed by atoms with Gasteiger partial charge in [-0.1, -0.05) is 36.4 Å². The van der Waals surface area contributed by atoms with Crippen molar-refractivity contribution in [2.75, 3.05) is 24.7 Å². The summed E-state index contributed by atoms with van der Waals surface area (Å²) in [7, 11) is -7.10. The number of hydrogen-bond acceptors (Lipinski definition) is 7. The highest BCUT2D eigenvalue weighted by molar-refractivity contribution is 7.90. The Hall–Kier alpha value is -3.81. The smallest absolute Gasteiger partial charge is 0.324 e. The molecule has 2 heterocycles. The predicted octanol–water partition coefficient (Wildman–Crippen LogP) is 5.22. The molecule has 4 aromatic rings. The summed E-state index contributed by atoms with van der Waals surface area (Å²) in [6, 6.07) is 19.8. The largest absolute Gasteiger partial charge is 0.419 e. The van der Waals surface area contributed by atoms with Crippen LogP contribution in [0.1, 0.15) is 27.9 Å². The first kappa shape index (κ1) is 30.6. The zero-order valence-corrected chi connectivity index (χ0v) is 24.8. The summed E-state index contributed by atoms with van der Waals surface area (Å²) in [5, 5.41) is 2.99. The minimum Gasteiger partial charge on any atom is -0.324 e. The molecule has 8 nitrogen and oxygen atoms in total. The van der Waals surface area contributed by atoms with Gasteiger partial charge < -0.3 is 5.32 Å². The highest BCUT2D eigenvalue weighted by atomic mass is 32.2. The molecule has 3 aromatic carbocycles. The van der Waals surface area contributed by atoms with Crippen LogP contribution in [0.3, 0.4) is 0 Å². The number of hydrogen-bond donors (Lipinski definition) is 1. The Labute approximate surface area is 248 Å². The van der Waals surface area contributed by atoms with Gasteiger partial charge in [0.2, 0.25) is 16.0 Å². The minimum atomic E-state index is -4.67. The third-order valence-corrected chi connectivity index (χ3v) is 10.3. The van der Waals surface area contributed by atoms with Crippen LogP contribution in [0.25, 0.3) is 0 Å². The molecule has 1 aliphatic rings. The molecule has 0 saturated heterocycles. The molecule has 0 spiro atoms. The lowest BCUT2D eigenvalue weighted by Crippen LogP contribution is -2.33. The molecule has 226 valence electrons. The number of fused-ring (bicyclic) bond motifs is 1. The number of aryl methyl sites for hydroxylation is 2. The molecule has 1 aromatic heterocycles. The Morgan fingerprint density at radius 2 is 1.53 bits per heavy atom. The summed E-state index contributed by atoms with van der Waals surface area (Å²) in [6.07, 6.45) is -1.82. The van der Waals surface area contributed by atoms with Crippen molar-refractivity contribution in [2.24, 2.45) is 0 Å². The summed E-state index contributed by atoms with van der Waals surface area (Å²) in [6.45, 7) is 0.616. The average molecular weight is 631 g/mol. The average Bonchev–Trinajstić information content (AvgIpc) is 3.19. The van der Waals surface area contributed by atoms with Gasteiger partial charge in [0, 0.05) is 31.2 Å². The second-order valence-corrected chi connectivity index (χ2v) is 14.3. The van der Waals surface area contributed by atoms with Crippen molar-refractivity contribution in [1.29, 1.82) is 0 Å². The molecule has 13 heteroatoms. The molecule has 0 radical (unpaired) electrons. The van der Waals surface area contributed by atoms with E-state index in [-0.39, 0.29) is 40.8 Å². The van der Waals surface area contributed by atoms with Gasteiger partial charge >= 0.3 is 6.18 Å². The molecule has 1 N–H and O–H groups in total. The Morgan fingerprint density at radius 1 is 0.837 bits per heavy atom. The number of sulfone groups is 1. The maximum absolute atomic E-state index is 13.8. The lowest BCUT2D eigenvalue weighted by atomic mass is 10.0. The highest BCUT2D eigenvalue weighted by Gasteiger charge is 2.35. The molecule has 0 bridgehead atoms. The maximum atomic E-state index is 13.8. The number of halogens is 3. The predicted molar refractivity (Wildman–Crippen MR) is 156 cm³/mol. The number of nitrogens with one attached hydrogen (secondary N) is 1. The Bertz CT molecular complexity index is 1850. The van der Waals surface area contributed by atoms with Gasteiger partial charge in [-0.3, -0.25) is 0 Å². The van der Waals surface area contributed by atoms with Gasteiger partial charge in [0.1, 0.15) is 0 Å². The van der Waals surface area contributed by atoms with Crippen LogP contribution in [0.15, 0.2) is 88.8 Å². The molecule has 0 fully saturated rings. The summed E-state index contributed by atoms with van der Waals surface area (Å²) in [4.78, 5) is 8.41. The van der Waals surface area contributed by atoms with Gasteiger partial charge in [0.25, 0.3) is 0 Å². The summed E-state index contributed by atoms with van der Waals surface area (Å²) < 4.78 is 92.8. The number of aromatic nitrogens is 2. The first-order valence-electron chi connectivity index (χ1n) is 13.5. The van der Waals surface area contributed by atoms with Crippen LogP contribution >= 0.6 is 0 Å². The van der Waals surface area contributed by atoms with Crippen molar-refractivity contribution >= 4 is 31.5 Å². The number of sulfonamides is 1. The van der Waals surface area contributed by atoms with E-state index < -0.39 is 31.6 Å². The molecule has 1 aliphatic heterocycles. The third-order valence-electron chi connectivity index (χ3n) is 7.25. The second-order valence-electron chi connectivity index (χ2n) is 10.3. The quantitative estimate of drug-likeness (QED) is 0.285. The molecule has 43 heavy (non-hydrogen) atoms. The second kappa shape index (κ2) is 12.1. The van der Waals surface area contributed by atoms with Crippen LogP contribution in [-0.4, -0.2) is 50.5 Å².